The van der Waals surface area contributed by atoms with Crippen LogP contribution in [0.15, 0.2) is 114 Å². The normalized spacial score (nSPS) is 11.1. The predicted octanol–water partition coefficient (Wildman–Crippen LogP) is 9.50. The van der Waals surface area contributed by atoms with E-state index in [0.29, 0.717) is 11.1 Å². The van der Waals surface area contributed by atoms with Gasteiger partial charge in [0.05, 0.1) is 41.7 Å². The van der Waals surface area contributed by atoms with E-state index in [4.69, 9.17) is 4.74 Å². The number of pyridine rings is 1. The van der Waals surface area contributed by atoms with Crippen LogP contribution in [0.1, 0.15) is 33.5 Å². The molecule has 0 aliphatic carbocycles. The zero-order valence-electron chi connectivity index (χ0n) is 23.8. The number of ether oxygens (including phenoxy) is 1. The third kappa shape index (κ3) is 5.34. The number of nitriles is 1. The summed E-state index contributed by atoms with van der Waals surface area (Å²) in [6.07, 6.45) is 0.944. The predicted molar refractivity (Wildman–Crippen MR) is 169 cm³/mol. The molecule has 0 saturated heterocycles. The molecule has 0 atom stereocenters. The number of fused-ring (bicyclic) bond motifs is 1. The Bertz CT molecular complexity index is 2060. The number of esters is 1. The summed E-state index contributed by atoms with van der Waals surface area (Å²) < 4.78 is 33.5. The van der Waals surface area contributed by atoms with Crippen LogP contribution in [-0.4, -0.2) is 22.0 Å². The molecular formula is C36H25F2N3O2S. The van der Waals surface area contributed by atoms with Crippen LogP contribution < -0.4 is 0 Å². The van der Waals surface area contributed by atoms with Gasteiger partial charge in [-0.15, -0.1) is 0 Å². The molecular weight excluding hydrogens is 576 g/mol. The lowest BCUT2D eigenvalue weighted by atomic mass is 9.93. The van der Waals surface area contributed by atoms with Crippen molar-refractivity contribution in [2.45, 2.75) is 18.2 Å². The minimum absolute atomic E-state index is 0.0430. The fourth-order valence-corrected chi connectivity index (χ4v) is 6.38. The first kappa shape index (κ1) is 28.8. The highest BCUT2D eigenvalue weighted by atomic mass is 32.2. The van der Waals surface area contributed by atoms with Crippen LogP contribution in [0, 0.1) is 18.3 Å². The lowest BCUT2D eigenvalue weighted by molar-refractivity contribution is 0.0600. The Morgan fingerprint density at radius 1 is 0.932 bits per heavy atom. The van der Waals surface area contributed by atoms with Crippen molar-refractivity contribution in [3.63, 3.8) is 0 Å². The molecule has 0 saturated carbocycles. The number of carbonyl (C=O) groups excluding carboxylic acids is 1. The highest BCUT2D eigenvalue weighted by Gasteiger charge is 2.23. The molecule has 4 aromatic carbocycles. The second-order valence-corrected chi connectivity index (χ2v) is 11.2. The Morgan fingerprint density at radius 3 is 2.43 bits per heavy atom. The molecule has 0 bridgehead atoms. The van der Waals surface area contributed by atoms with Gasteiger partial charge in [0.25, 0.3) is 6.43 Å². The van der Waals surface area contributed by atoms with Gasteiger partial charge in [-0.2, -0.15) is 5.26 Å². The number of carbonyl (C=O) groups is 1. The molecule has 0 N–H and O–H groups in total. The number of halogens is 2. The number of benzene rings is 4. The van der Waals surface area contributed by atoms with Gasteiger partial charge in [0, 0.05) is 38.7 Å². The molecule has 216 valence electrons. The van der Waals surface area contributed by atoms with E-state index in [-0.39, 0.29) is 5.56 Å². The smallest absolute Gasteiger partial charge is 0.337 e. The molecule has 0 spiro atoms. The van der Waals surface area contributed by atoms with Crippen LogP contribution in [0.2, 0.25) is 0 Å². The zero-order valence-corrected chi connectivity index (χ0v) is 24.6. The molecule has 2 heterocycles. The maximum absolute atomic E-state index is 13.3. The van der Waals surface area contributed by atoms with Crippen molar-refractivity contribution in [2.24, 2.45) is 0 Å². The number of methoxy groups -OCH3 is 1. The molecule has 8 heteroatoms. The largest absolute Gasteiger partial charge is 0.465 e. The lowest BCUT2D eigenvalue weighted by Crippen LogP contribution is -2.01. The average Bonchev–Trinajstić information content (AvgIpc) is 3.38. The second-order valence-electron chi connectivity index (χ2n) is 10.1. The highest BCUT2D eigenvalue weighted by Crippen LogP contribution is 2.46. The highest BCUT2D eigenvalue weighted by molar-refractivity contribution is 7.98. The second kappa shape index (κ2) is 12.2. The summed E-state index contributed by atoms with van der Waals surface area (Å²) in [7, 11) is 1.36. The lowest BCUT2D eigenvalue weighted by Gasteiger charge is -2.15. The molecule has 0 aliphatic heterocycles. The van der Waals surface area contributed by atoms with E-state index < -0.39 is 12.4 Å². The SMILES string of the molecule is COC(=O)c1ccc(-c2cccc(-c3c(-c4ccccc4C#N)c4ccncc4n3Sc3ccc(C(F)F)cc3)c2)c(C)c1. The topological polar surface area (TPSA) is 67.9 Å². The Labute approximate surface area is 257 Å². The van der Waals surface area contributed by atoms with E-state index in [9.17, 15) is 18.8 Å². The summed E-state index contributed by atoms with van der Waals surface area (Å²) in [5, 5.41) is 11.0. The Balaban J connectivity index is 1.60. The van der Waals surface area contributed by atoms with E-state index >= 15 is 0 Å². The maximum Gasteiger partial charge on any atom is 0.337 e. The summed E-state index contributed by atoms with van der Waals surface area (Å²) in [6.45, 7) is 1.95. The van der Waals surface area contributed by atoms with Crippen LogP contribution in [0.3, 0.4) is 0 Å². The van der Waals surface area contributed by atoms with Gasteiger partial charge in [0.1, 0.15) is 0 Å². The summed E-state index contributed by atoms with van der Waals surface area (Å²) in [5.41, 5.74) is 7.95. The van der Waals surface area contributed by atoms with Crippen molar-refractivity contribution in [1.82, 2.24) is 8.96 Å². The van der Waals surface area contributed by atoms with Gasteiger partial charge in [-0.3, -0.25) is 8.96 Å². The molecule has 0 amide bonds. The molecule has 0 fully saturated rings. The number of aryl methyl sites for hydroxylation is 1. The standard InChI is InChI=1S/C36H25F2N3O2S/c1-22-18-26(36(42)43-2)12-15-29(22)24-7-5-8-25(19-24)34-33(30-9-4-3-6-27(30)20-39)31-16-17-40-21-32(31)41(34)44-28-13-10-23(11-14-28)35(37)38/h3-19,21,35H,1-2H3. The number of aromatic nitrogens is 2. The average molecular weight is 602 g/mol. The molecule has 0 aliphatic rings. The van der Waals surface area contributed by atoms with Gasteiger partial charge >= 0.3 is 5.97 Å². The number of rotatable bonds is 7. The van der Waals surface area contributed by atoms with Crippen molar-refractivity contribution in [3.8, 4) is 39.6 Å². The van der Waals surface area contributed by atoms with Crippen molar-refractivity contribution < 1.29 is 18.3 Å². The van der Waals surface area contributed by atoms with Crippen molar-refractivity contribution >= 4 is 28.8 Å². The number of hydrogen-bond donors (Lipinski definition) is 0. The van der Waals surface area contributed by atoms with Crippen LogP contribution in [0.25, 0.3) is 44.4 Å². The first-order valence-electron chi connectivity index (χ1n) is 13.7. The van der Waals surface area contributed by atoms with E-state index in [2.05, 4.69) is 21.1 Å². The van der Waals surface area contributed by atoms with E-state index in [1.807, 2.05) is 61.5 Å². The summed E-state index contributed by atoms with van der Waals surface area (Å²) >= 11 is 1.40. The minimum Gasteiger partial charge on any atom is -0.465 e. The number of hydrogen-bond acceptors (Lipinski definition) is 5. The van der Waals surface area contributed by atoms with E-state index in [1.165, 1.54) is 31.2 Å². The molecule has 0 radical (unpaired) electrons. The number of alkyl halides is 2. The quantitative estimate of drug-likeness (QED) is 0.171. The Morgan fingerprint density at radius 2 is 1.70 bits per heavy atom. The zero-order chi connectivity index (χ0) is 30.8. The molecule has 0 unspecified atom stereocenters. The van der Waals surface area contributed by atoms with Crippen LogP contribution in [0.5, 0.6) is 0 Å². The first-order chi connectivity index (χ1) is 21.4. The van der Waals surface area contributed by atoms with Gasteiger partial charge in [-0.1, -0.05) is 54.6 Å². The van der Waals surface area contributed by atoms with Crippen LogP contribution in [-0.2, 0) is 4.74 Å². The summed E-state index contributed by atoms with van der Waals surface area (Å²) in [4.78, 5) is 17.3. The molecule has 6 aromatic rings. The van der Waals surface area contributed by atoms with E-state index in [0.717, 1.165) is 54.9 Å². The van der Waals surface area contributed by atoms with Crippen molar-refractivity contribution in [2.75, 3.05) is 7.11 Å². The summed E-state index contributed by atoms with van der Waals surface area (Å²) in [6, 6.07) is 31.5. The van der Waals surface area contributed by atoms with Gasteiger partial charge < -0.3 is 4.74 Å². The molecule has 44 heavy (non-hydrogen) atoms. The molecule has 6 rings (SSSR count). The van der Waals surface area contributed by atoms with Gasteiger partial charge in [-0.25, -0.2) is 13.6 Å². The molecule has 2 aromatic heterocycles. The monoisotopic (exact) mass is 601 g/mol. The van der Waals surface area contributed by atoms with Crippen molar-refractivity contribution in [3.05, 3.63) is 132 Å². The fourth-order valence-electron chi connectivity index (χ4n) is 5.38. The fraction of sp³-hybridized carbons (Fsp3) is 0.0833. The van der Waals surface area contributed by atoms with Crippen molar-refractivity contribution in [1.29, 1.82) is 5.26 Å². The first-order valence-corrected chi connectivity index (χ1v) is 14.5. The van der Waals surface area contributed by atoms with Gasteiger partial charge in [0.15, 0.2) is 0 Å². The van der Waals surface area contributed by atoms with Gasteiger partial charge in [-0.05, 0) is 78.0 Å². The van der Waals surface area contributed by atoms with Crippen LogP contribution >= 0.6 is 11.9 Å². The van der Waals surface area contributed by atoms with E-state index in [1.54, 1.807) is 36.7 Å². The Kier molecular flexibility index (Phi) is 7.97. The third-order valence-electron chi connectivity index (χ3n) is 7.47. The third-order valence-corrected chi connectivity index (χ3v) is 8.51. The minimum atomic E-state index is -2.55. The van der Waals surface area contributed by atoms with Crippen LogP contribution in [0.4, 0.5) is 8.78 Å². The Hall–Kier alpha value is -5.26. The van der Waals surface area contributed by atoms with Gasteiger partial charge in [0.2, 0.25) is 0 Å². The maximum atomic E-state index is 13.3. The number of nitrogens with zero attached hydrogens (tertiary/aromatic N) is 3. The molecule has 5 nitrogen and oxygen atoms in total. The summed E-state index contributed by atoms with van der Waals surface area (Å²) in [5.74, 6) is -0.397.